The van der Waals surface area contributed by atoms with Crippen molar-refractivity contribution in [2.75, 3.05) is 12.3 Å². The predicted molar refractivity (Wildman–Crippen MR) is 80.0 cm³/mol. The van der Waals surface area contributed by atoms with Gasteiger partial charge in [0.25, 0.3) is 5.91 Å². The maximum absolute atomic E-state index is 11.8. The van der Waals surface area contributed by atoms with E-state index in [9.17, 15) is 4.79 Å². The van der Waals surface area contributed by atoms with E-state index in [1.165, 1.54) is 4.90 Å². The Hall–Kier alpha value is -1.82. The van der Waals surface area contributed by atoms with Crippen LogP contribution in [-0.4, -0.2) is 33.4 Å². The first-order valence-electron chi connectivity index (χ1n) is 6.55. The highest BCUT2D eigenvalue weighted by Crippen LogP contribution is 2.15. The van der Waals surface area contributed by atoms with E-state index in [-0.39, 0.29) is 17.6 Å². The van der Waals surface area contributed by atoms with Gasteiger partial charge in [0.05, 0.1) is 0 Å². The van der Waals surface area contributed by atoms with Gasteiger partial charge in [-0.1, -0.05) is 32.0 Å². The molecule has 106 valence electrons. The van der Waals surface area contributed by atoms with Crippen molar-refractivity contribution < 1.29 is 4.79 Å². The Kier molecular flexibility index (Phi) is 5.17. The molecule has 0 spiro atoms. The fraction of sp³-hybridized carbons (Fsp3) is 0.357. The third-order valence-corrected chi connectivity index (χ3v) is 3.67. The van der Waals surface area contributed by atoms with Gasteiger partial charge in [-0.2, -0.15) is 0 Å². The summed E-state index contributed by atoms with van der Waals surface area (Å²) < 4.78 is 0. The van der Waals surface area contributed by atoms with Crippen LogP contribution >= 0.6 is 11.8 Å². The number of nitrogens with one attached hydrogen (secondary N) is 2. The van der Waals surface area contributed by atoms with Crippen LogP contribution in [0.1, 0.15) is 36.2 Å². The lowest BCUT2D eigenvalue weighted by atomic mass is 10.2. The Morgan fingerprint density at radius 3 is 2.75 bits per heavy atom. The molecule has 2 rings (SSSR count). The standard InChI is InChI=1S/C14H18N4OS/c1-10(2)12-16-13(18-17-12)14(19)15-8-9-20-11-6-4-3-5-7-11/h3-7,10H,8-9H2,1-2H3,(H,15,19)(H,16,17,18). The van der Waals surface area contributed by atoms with E-state index in [1.54, 1.807) is 11.8 Å². The maximum atomic E-state index is 11.8. The highest BCUT2D eigenvalue weighted by Gasteiger charge is 2.13. The Bertz CT molecular complexity index is 553. The van der Waals surface area contributed by atoms with Crippen LogP contribution in [0.25, 0.3) is 0 Å². The van der Waals surface area contributed by atoms with Gasteiger partial charge >= 0.3 is 0 Å². The number of carbonyl (C=O) groups excluding carboxylic acids is 1. The highest BCUT2D eigenvalue weighted by molar-refractivity contribution is 7.99. The number of aromatic amines is 1. The summed E-state index contributed by atoms with van der Waals surface area (Å²) in [7, 11) is 0. The number of carbonyl (C=O) groups is 1. The molecule has 1 aromatic carbocycles. The fourth-order valence-electron chi connectivity index (χ4n) is 1.56. The van der Waals surface area contributed by atoms with E-state index < -0.39 is 0 Å². The zero-order valence-electron chi connectivity index (χ0n) is 11.6. The molecule has 0 aliphatic heterocycles. The number of aromatic nitrogens is 3. The topological polar surface area (TPSA) is 70.7 Å². The Morgan fingerprint density at radius 2 is 2.10 bits per heavy atom. The van der Waals surface area contributed by atoms with E-state index in [4.69, 9.17) is 0 Å². The van der Waals surface area contributed by atoms with Crippen molar-refractivity contribution in [2.24, 2.45) is 0 Å². The van der Waals surface area contributed by atoms with E-state index in [0.29, 0.717) is 6.54 Å². The molecule has 0 fully saturated rings. The van der Waals surface area contributed by atoms with Crippen LogP contribution in [0.5, 0.6) is 0 Å². The molecule has 6 heteroatoms. The summed E-state index contributed by atoms with van der Waals surface area (Å²) in [5, 5.41) is 9.51. The number of hydrogen-bond donors (Lipinski definition) is 2. The Balaban J connectivity index is 1.75. The molecule has 0 atom stereocenters. The normalized spacial score (nSPS) is 10.8. The van der Waals surface area contributed by atoms with Gasteiger partial charge in [0, 0.05) is 23.1 Å². The molecule has 0 aliphatic carbocycles. The lowest BCUT2D eigenvalue weighted by Gasteiger charge is -2.02. The lowest BCUT2D eigenvalue weighted by Crippen LogP contribution is -2.26. The van der Waals surface area contributed by atoms with Gasteiger partial charge < -0.3 is 5.32 Å². The van der Waals surface area contributed by atoms with Crippen molar-refractivity contribution in [1.82, 2.24) is 20.5 Å². The van der Waals surface area contributed by atoms with Crippen molar-refractivity contribution in [1.29, 1.82) is 0 Å². The number of benzene rings is 1. The molecule has 1 aromatic heterocycles. The Morgan fingerprint density at radius 1 is 1.35 bits per heavy atom. The average Bonchev–Trinajstić information content (AvgIpc) is 2.94. The molecule has 1 amide bonds. The molecule has 0 unspecified atom stereocenters. The number of amides is 1. The lowest BCUT2D eigenvalue weighted by molar-refractivity contribution is 0.0946. The van der Waals surface area contributed by atoms with Crippen LogP contribution in [0.2, 0.25) is 0 Å². The molecule has 0 radical (unpaired) electrons. The first kappa shape index (κ1) is 14.6. The summed E-state index contributed by atoms with van der Waals surface area (Å²) in [5.74, 6) is 1.75. The molecule has 0 bridgehead atoms. The molecular formula is C14H18N4OS. The molecule has 5 nitrogen and oxygen atoms in total. The third-order valence-electron chi connectivity index (χ3n) is 2.65. The van der Waals surface area contributed by atoms with Gasteiger partial charge in [0.15, 0.2) is 0 Å². The van der Waals surface area contributed by atoms with Crippen molar-refractivity contribution in [3.05, 3.63) is 42.0 Å². The molecule has 0 saturated carbocycles. The number of H-pyrrole nitrogens is 1. The van der Waals surface area contributed by atoms with Gasteiger partial charge in [-0.05, 0) is 12.1 Å². The second-order valence-electron chi connectivity index (χ2n) is 4.62. The van der Waals surface area contributed by atoms with Crippen molar-refractivity contribution in [2.45, 2.75) is 24.7 Å². The van der Waals surface area contributed by atoms with Gasteiger partial charge in [-0.25, -0.2) is 4.98 Å². The number of thioether (sulfide) groups is 1. The second-order valence-corrected chi connectivity index (χ2v) is 5.78. The van der Waals surface area contributed by atoms with Gasteiger partial charge in [-0.3, -0.25) is 9.89 Å². The average molecular weight is 290 g/mol. The molecule has 0 aliphatic rings. The summed E-state index contributed by atoms with van der Waals surface area (Å²) in [6.07, 6.45) is 0. The summed E-state index contributed by atoms with van der Waals surface area (Å²) in [6, 6.07) is 10.1. The van der Waals surface area contributed by atoms with E-state index in [1.807, 2.05) is 32.0 Å². The zero-order chi connectivity index (χ0) is 14.4. The smallest absolute Gasteiger partial charge is 0.290 e. The minimum Gasteiger partial charge on any atom is -0.348 e. The van der Waals surface area contributed by atoms with Crippen LogP contribution in [0.4, 0.5) is 0 Å². The van der Waals surface area contributed by atoms with Crippen molar-refractivity contribution in [3.63, 3.8) is 0 Å². The third kappa shape index (κ3) is 4.09. The van der Waals surface area contributed by atoms with E-state index in [0.717, 1.165) is 11.6 Å². The first-order chi connectivity index (χ1) is 9.66. The van der Waals surface area contributed by atoms with Crippen LogP contribution in [0, 0.1) is 0 Å². The number of hydrogen-bond acceptors (Lipinski definition) is 4. The Labute approximate surface area is 122 Å². The molecule has 1 heterocycles. The SMILES string of the molecule is CC(C)c1nc(C(=O)NCCSc2ccccc2)n[nH]1. The monoisotopic (exact) mass is 290 g/mol. The van der Waals surface area contributed by atoms with Crippen LogP contribution in [-0.2, 0) is 0 Å². The maximum Gasteiger partial charge on any atom is 0.290 e. The number of nitrogens with zero attached hydrogens (tertiary/aromatic N) is 2. The summed E-state index contributed by atoms with van der Waals surface area (Å²) >= 11 is 1.70. The highest BCUT2D eigenvalue weighted by atomic mass is 32.2. The minimum absolute atomic E-state index is 0.207. The van der Waals surface area contributed by atoms with Crippen molar-refractivity contribution in [3.8, 4) is 0 Å². The molecule has 0 saturated heterocycles. The molecule has 2 aromatic rings. The van der Waals surface area contributed by atoms with Crippen molar-refractivity contribution >= 4 is 17.7 Å². The summed E-state index contributed by atoms with van der Waals surface area (Å²) in [4.78, 5) is 17.2. The predicted octanol–water partition coefficient (Wildman–Crippen LogP) is 2.45. The largest absolute Gasteiger partial charge is 0.348 e. The van der Waals surface area contributed by atoms with Crippen LogP contribution in [0.15, 0.2) is 35.2 Å². The first-order valence-corrected chi connectivity index (χ1v) is 7.53. The fourth-order valence-corrected chi connectivity index (χ4v) is 2.35. The molecular weight excluding hydrogens is 272 g/mol. The van der Waals surface area contributed by atoms with Gasteiger partial charge in [-0.15, -0.1) is 16.9 Å². The quantitative estimate of drug-likeness (QED) is 0.633. The number of rotatable bonds is 6. The van der Waals surface area contributed by atoms with E-state index >= 15 is 0 Å². The summed E-state index contributed by atoms with van der Waals surface area (Å²) in [6.45, 7) is 4.58. The van der Waals surface area contributed by atoms with Crippen LogP contribution in [0.3, 0.4) is 0 Å². The van der Waals surface area contributed by atoms with Gasteiger partial charge in [0.2, 0.25) is 5.82 Å². The van der Waals surface area contributed by atoms with Crippen LogP contribution < -0.4 is 5.32 Å². The molecule has 20 heavy (non-hydrogen) atoms. The zero-order valence-corrected chi connectivity index (χ0v) is 12.4. The molecule has 2 N–H and O–H groups in total. The second kappa shape index (κ2) is 7.09. The van der Waals surface area contributed by atoms with Gasteiger partial charge in [0.1, 0.15) is 5.82 Å². The van der Waals surface area contributed by atoms with E-state index in [2.05, 4.69) is 32.6 Å². The summed E-state index contributed by atoms with van der Waals surface area (Å²) in [5.41, 5.74) is 0. The minimum atomic E-state index is -0.234.